The molecule has 3 heteroatoms. The summed E-state index contributed by atoms with van der Waals surface area (Å²) in [5.74, 6) is 1.03. The number of hydrogen-bond donors (Lipinski definition) is 0. The highest BCUT2D eigenvalue weighted by molar-refractivity contribution is 6.09. The van der Waals surface area contributed by atoms with Crippen molar-refractivity contribution >= 4 is 11.5 Å². The Balaban J connectivity index is 1.88. The van der Waals surface area contributed by atoms with E-state index in [4.69, 9.17) is 9.15 Å². The fourth-order valence-corrected chi connectivity index (χ4v) is 4.70. The summed E-state index contributed by atoms with van der Waals surface area (Å²) in [6.45, 7) is 4.04. The van der Waals surface area contributed by atoms with E-state index in [1.165, 1.54) is 12.7 Å². The molecule has 1 aliphatic carbocycles. The molecule has 0 saturated carbocycles. The molecule has 1 heterocycles. The van der Waals surface area contributed by atoms with Crippen molar-refractivity contribution in [1.82, 2.24) is 0 Å². The lowest BCUT2D eigenvalue weighted by Gasteiger charge is -2.16. The lowest BCUT2D eigenvalue weighted by molar-refractivity contribution is -0.136. The summed E-state index contributed by atoms with van der Waals surface area (Å²) in [6, 6.07) is 28.5. The third kappa shape index (κ3) is 3.18. The summed E-state index contributed by atoms with van der Waals surface area (Å²) in [5, 5.41) is 0. The van der Waals surface area contributed by atoms with Gasteiger partial charge in [0.15, 0.2) is 0 Å². The molecule has 4 aromatic rings. The number of benzene rings is 3. The Hall–Kier alpha value is -3.85. The van der Waals surface area contributed by atoms with E-state index in [9.17, 15) is 4.79 Å². The van der Waals surface area contributed by atoms with Crippen LogP contribution in [0, 0.1) is 13.8 Å². The minimum absolute atomic E-state index is 0.254. The number of carbonyl (C=O) groups is 1. The molecule has 0 aliphatic heterocycles. The van der Waals surface area contributed by atoms with E-state index >= 15 is 0 Å². The van der Waals surface area contributed by atoms with Crippen molar-refractivity contribution < 1.29 is 13.9 Å². The van der Waals surface area contributed by atoms with Crippen LogP contribution in [0.2, 0.25) is 0 Å². The number of rotatable bonds is 4. The fourth-order valence-electron chi connectivity index (χ4n) is 4.70. The molecule has 3 aromatic carbocycles. The molecule has 5 rings (SSSR count). The molecule has 0 amide bonds. The standard InChI is InChI=1S/C29H24O3/c1-18-14-16-21(17-15-18)25-26-23(19(2)32-28(26)22-12-8-5-9-13-22)24(27(25)29(30)31-3)20-10-6-4-7-11-20/h4-17,24H,1-3H3. The average molecular weight is 421 g/mol. The maximum atomic E-state index is 13.3. The lowest BCUT2D eigenvalue weighted by Crippen LogP contribution is -2.13. The summed E-state index contributed by atoms with van der Waals surface area (Å²) in [7, 11) is 1.45. The van der Waals surface area contributed by atoms with Gasteiger partial charge in [0.1, 0.15) is 11.5 Å². The predicted molar refractivity (Wildman–Crippen MR) is 126 cm³/mol. The quantitative estimate of drug-likeness (QED) is 0.346. The van der Waals surface area contributed by atoms with Crippen molar-refractivity contribution in [3.63, 3.8) is 0 Å². The molecule has 3 nitrogen and oxygen atoms in total. The first-order chi connectivity index (χ1) is 15.6. The number of methoxy groups -OCH3 is 1. The zero-order chi connectivity index (χ0) is 22.2. The fraction of sp³-hybridized carbons (Fsp3) is 0.138. The highest BCUT2D eigenvalue weighted by atomic mass is 16.5. The van der Waals surface area contributed by atoms with Crippen LogP contribution in [-0.4, -0.2) is 13.1 Å². The number of esters is 1. The Morgan fingerprint density at radius 2 is 1.44 bits per heavy atom. The van der Waals surface area contributed by atoms with Crippen LogP contribution in [0.3, 0.4) is 0 Å². The third-order valence-electron chi connectivity index (χ3n) is 6.14. The van der Waals surface area contributed by atoms with Gasteiger partial charge >= 0.3 is 5.97 Å². The van der Waals surface area contributed by atoms with E-state index in [0.29, 0.717) is 5.57 Å². The van der Waals surface area contributed by atoms with Gasteiger partial charge in [-0.3, -0.25) is 0 Å². The molecule has 1 atom stereocenters. The van der Waals surface area contributed by atoms with E-state index in [2.05, 4.69) is 43.3 Å². The van der Waals surface area contributed by atoms with Crippen LogP contribution < -0.4 is 0 Å². The SMILES string of the molecule is COC(=O)C1=C(c2ccc(C)cc2)c2c(-c3ccccc3)oc(C)c2C1c1ccccc1. The Kier molecular flexibility index (Phi) is 5.02. The second-order valence-electron chi connectivity index (χ2n) is 8.13. The number of carbonyl (C=O) groups excluding carboxylic acids is 1. The van der Waals surface area contributed by atoms with Gasteiger partial charge in [-0.25, -0.2) is 4.79 Å². The summed E-state index contributed by atoms with van der Waals surface area (Å²) >= 11 is 0. The van der Waals surface area contributed by atoms with E-state index in [0.717, 1.165) is 44.9 Å². The first-order valence-corrected chi connectivity index (χ1v) is 10.7. The largest absolute Gasteiger partial charge is 0.466 e. The maximum absolute atomic E-state index is 13.3. The minimum Gasteiger partial charge on any atom is -0.466 e. The maximum Gasteiger partial charge on any atom is 0.335 e. The minimum atomic E-state index is -0.316. The molecule has 0 saturated heterocycles. The summed E-state index contributed by atoms with van der Waals surface area (Å²) < 4.78 is 11.7. The van der Waals surface area contributed by atoms with Crippen molar-refractivity contribution in [2.24, 2.45) is 0 Å². The molecule has 0 spiro atoms. The van der Waals surface area contributed by atoms with Crippen molar-refractivity contribution in [2.45, 2.75) is 19.8 Å². The molecular formula is C29H24O3. The van der Waals surface area contributed by atoms with Gasteiger partial charge in [-0.05, 0) is 25.0 Å². The van der Waals surface area contributed by atoms with E-state index < -0.39 is 0 Å². The van der Waals surface area contributed by atoms with Crippen LogP contribution in [0.5, 0.6) is 0 Å². The van der Waals surface area contributed by atoms with Crippen LogP contribution in [-0.2, 0) is 9.53 Å². The van der Waals surface area contributed by atoms with E-state index in [-0.39, 0.29) is 11.9 Å². The van der Waals surface area contributed by atoms with Crippen molar-refractivity contribution in [2.75, 3.05) is 7.11 Å². The van der Waals surface area contributed by atoms with Gasteiger partial charge in [-0.15, -0.1) is 0 Å². The summed E-state index contributed by atoms with van der Waals surface area (Å²) in [6.07, 6.45) is 0. The van der Waals surface area contributed by atoms with Gasteiger partial charge < -0.3 is 9.15 Å². The smallest absolute Gasteiger partial charge is 0.335 e. The molecule has 1 aromatic heterocycles. The average Bonchev–Trinajstić information content (AvgIpc) is 3.36. The number of hydrogen-bond acceptors (Lipinski definition) is 3. The van der Waals surface area contributed by atoms with Crippen LogP contribution in [0.25, 0.3) is 16.9 Å². The summed E-state index contributed by atoms with van der Waals surface area (Å²) in [5.41, 5.74) is 7.73. The topological polar surface area (TPSA) is 39.4 Å². The highest BCUT2D eigenvalue weighted by Gasteiger charge is 2.42. The Bertz CT molecular complexity index is 1310. The lowest BCUT2D eigenvalue weighted by atomic mass is 9.88. The normalized spacial score (nSPS) is 15.0. The zero-order valence-electron chi connectivity index (χ0n) is 18.4. The van der Waals surface area contributed by atoms with Crippen LogP contribution in [0.15, 0.2) is 94.9 Å². The molecular weight excluding hydrogens is 396 g/mol. The Morgan fingerprint density at radius 1 is 0.812 bits per heavy atom. The van der Waals surface area contributed by atoms with Gasteiger partial charge in [-0.2, -0.15) is 0 Å². The zero-order valence-corrected chi connectivity index (χ0v) is 18.4. The van der Waals surface area contributed by atoms with Crippen molar-refractivity contribution in [3.05, 3.63) is 124 Å². The second-order valence-corrected chi connectivity index (χ2v) is 8.13. The van der Waals surface area contributed by atoms with Crippen LogP contribution >= 0.6 is 0 Å². The Labute approximate surface area is 188 Å². The highest BCUT2D eigenvalue weighted by Crippen LogP contribution is 2.54. The second kappa shape index (κ2) is 8.01. The van der Waals surface area contributed by atoms with Crippen LogP contribution in [0.4, 0.5) is 0 Å². The predicted octanol–water partition coefficient (Wildman–Crippen LogP) is 6.68. The number of furan rings is 1. The van der Waals surface area contributed by atoms with Gasteiger partial charge in [0.05, 0.1) is 12.7 Å². The Morgan fingerprint density at radius 3 is 2.06 bits per heavy atom. The molecule has 0 N–H and O–H groups in total. The van der Waals surface area contributed by atoms with E-state index in [1.54, 1.807) is 0 Å². The number of ether oxygens (including phenoxy) is 1. The van der Waals surface area contributed by atoms with Crippen molar-refractivity contribution in [1.29, 1.82) is 0 Å². The van der Waals surface area contributed by atoms with Crippen LogP contribution in [0.1, 0.15) is 39.5 Å². The van der Waals surface area contributed by atoms with Gasteiger partial charge in [0.25, 0.3) is 0 Å². The van der Waals surface area contributed by atoms with E-state index in [1.807, 2.05) is 55.5 Å². The molecule has 0 radical (unpaired) electrons. The molecule has 0 fully saturated rings. The third-order valence-corrected chi connectivity index (χ3v) is 6.14. The first-order valence-electron chi connectivity index (χ1n) is 10.7. The monoisotopic (exact) mass is 420 g/mol. The molecule has 1 aliphatic rings. The van der Waals surface area contributed by atoms with Gasteiger partial charge in [-0.1, -0.05) is 90.5 Å². The summed E-state index contributed by atoms with van der Waals surface area (Å²) in [4.78, 5) is 13.3. The first kappa shape index (κ1) is 20.1. The number of fused-ring (bicyclic) bond motifs is 1. The molecule has 32 heavy (non-hydrogen) atoms. The number of aryl methyl sites for hydroxylation is 2. The van der Waals surface area contributed by atoms with Crippen molar-refractivity contribution in [3.8, 4) is 11.3 Å². The molecule has 158 valence electrons. The molecule has 0 bridgehead atoms. The van der Waals surface area contributed by atoms with Gasteiger partial charge in [0, 0.05) is 28.2 Å². The molecule has 1 unspecified atom stereocenters. The van der Waals surface area contributed by atoms with Gasteiger partial charge in [0.2, 0.25) is 0 Å².